The first-order valence-corrected chi connectivity index (χ1v) is 12.7. The van der Waals surface area contributed by atoms with Gasteiger partial charge < -0.3 is 10.2 Å². The lowest BCUT2D eigenvalue weighted by Gasteiger charge is -2.35. The van der Waals surface area contributed by atoms with Crippen molar-refractivity contribution in [2.75, 3.05) is 24.9 Å². The molecule has 1 N–H and O–H groups in total. The van der Waals surface area contributed by atoms with Gasteiger partial charge in [-0.1, -0.05) is 55.5 Å². The van der Waals surface area contributed by atoms with E-state index >= 15 is 0 Å². The Bertz CT molecular complexity index is 1050. The quantitative estimate of drug-likeness (QED) is 0.557. The van der Waals surface area contributed by atoms with Gasteiger partial charge in [0.25, 0.3) is 0 Å². The zero-order valence-corrected chi connectivity index (χ0v) is 21.7. The summed E-state index contributed by atoms with van der Waals surface area (Å²) in [4.78, 5) is 28.3. The first-order chi connectivity index (χ1) is 15.9. The lowest BCUT2D eigenvalue weighted by Crippen LogP contribution is -2.55. The van der Waals surface area contributed by atoms with Gasteiger partial charge in [-0.3, -0.25) is 9.59 Å². The van der Waals surface area contributed by atoms with Gasteiger partial charge in [-0.05, 0) is 44.9 Å². The van der Waals surface area contributed by atoms with E-state index in [9.17, 15) is 18.0 Å². The molecule has 0 spiro atoms. The number of benzene rings is 2. The van der Waals surface area contributed by atoms with Crippen molar-refractivity contribution in [2.24, 2.45) is 0 Å². The van der Waals surface area contributed by atoms with Crippen molar-refractivity contribution in [1.29, 1.82) is 0 Å². The molecule has 0 fully saturated rings. The summed E-state index contributed by atoms with van der Waals surface area (Å²) in [7, 11) is -1.12. The minimum Gasteiger partial charge on any atom is -0.350 e. The minimum absolute atomic E-state index is 0.181. The summed E-state index contributed by atoms with van der Waals surface area (Å²) < 4.78 is 28.4. The van der Waals surface area contributed by atoms with Crippen molar-refractivity contribution in [3.05, 3.63) is 66.2 Å². The SMILES string of the molecule is CC[C@@H](C(=O)NC(C)(C)C)N(Cc1ccccc1)C(=O)CN(c1ccccc1)S(=O)(=O)N(C)C. The molecule has 0 bridgehead atoms. The van der Waals surface area contributed by atoms with Crippen LogP contribution in [-0.2, 0) is 26.3 Å². The molecule has 0 aliphatic heterocycles. The predicted molar refractivity (Wildman–Crippen MR) is 135 cm³/mol. The molecule has 186 valence electrons. The second kappa shape index (κ2) is 11.5. The molecule has 8 nitrogen and oxygen atoms in total. The molecule has 9 heteroatoms. The zero-order valence-electron chi connectivity index (χ0n) is 20.9. The fourth-order valence-corrected chi connectivity index (χ4v) is 4.52. The molecular weight excluding hydrogens is 452 g/mol. The second-order valence-electron chi connectivity index (χ2n) is 9.30. The fraction of sp³-hybridized carbons (Fsp3) is 0.440. The highest BCUT2D eigenvalue weighted by Gasteiger charge is 2.34. The standard InChI is InChI=1S/C25H36N4O4S/c1-7-22(24(31)26-25(2,3)4)28(18-20-14-10-8-11-15-20)23(30)19-29(34(32,33)27(5)6)21-16-12-9-13-17-21/h8-17,22H,7,18-19H2,1-6H3,(H,26,31)/t22-/m0/s1. The molecule has 0 saturated carbocycles. The van der Waals surface area contributed by atoms with E-state index in [1.54, 1.807) is 30.3 Å². The van der Waals surface area contributed by atoms with Crippen LogP contribution >= 0.6 is 0 Å². The Morgan fingerprint density at radius 2 is 1.47 bits per heavy atom. The van der Waals surface area contributed by atoms with Gasteiger partial charge in [-0.25, -0.2) is 4.31 Å². The molecule has 0 aliphatic rings. The Hall–Kier alpha value is -2.91. The topological polar surface area (TPSA) is 90.0 Å². The summed E-state index contributed by atoms with van der Waals surface area (Å²) >= 11 is 0. The molecule has 0 unspecified atom stereocenters. The number of nitrogens with zero attached hydrogens (tertiary/aromatic N) is 3. The van der Waals surface area contributed by atoms with E-state index in [1.165, 1.54) is 19.0 Å². The highest BCUT2D eigenvalue weighted by Crippen LogP contribution is 2.21. The van der Waals surface area contributed by atoms with Crippen molar-refractivity contribution in [1.82, 2.24) is 14.5 Å². The number of carbonyl (C=O) groups excluding carboxylic acids is 2. The normalized spacial score (nSPS) is 12.8. The monoisotopic (exact) mass is 488 g/mol. The molecule has 2 aromatic carbocycles. The molecular formula is C25H36N4O4S. The molecule has 0 saturated heterocycles. The van der Waals surface area contributed by atoms with Crippen LogP contribution < -0.4 is 9.62 Å². The maximum absolute atomic E-state index is 13.7. The average molecular weight is 489 g/mol. The van der Waals surface area contributed by atoms with Crippen LogP contribution in [0.5, 0.6) is 0 Å². The van der Waals surface area contributed by atoms with E-state index < -0.39 is 34.2 Å². The molecule has 0 aromatic heterocycles. The summed E-state index contributed by atoms with van der Waals surface area (Å²) in [5.41, 5.74) is 0.743. The number of amides is 2. The van der Waals surface area contributed by atoms with Crippen LogP contribution in [-0.4, -0.2) is 61.7 Å². The Morgan fingerprint density at radius 3 is 1.94 bits per heavy atom. The van der Waals surface area contributed by atoms with Crippen LogP contribution in [0.1, 0.15) is 39.7 Å². The summed E-state index contributed by atoms with van der Waals surface area (Å²) in [6, 6.07) is 17.1. The lowest BCUT2D eigenvalue weighted by molar-refractivity contribution is -0.141. The van der Waals surface area contributed by atoms with Gasteiger partial charge in [0.15, 0.2) is 0 Å². The number of hydrogen-bond donors (Lipinski definition) is 1. The lowest BCUT2D eigenvalue weighted by atomic mass is 10.1. The number of anilines is 1. The number of hydrogen-bond acceptors (Lipinski definition) is 4. The van der Waals surface area contributed by atoms with Gasteiger partial charge in [0.05, 0.1) is 5.69 Å². The van der Waals surface area contributed by atoms with Crippen LogP contribution in [0.4, 0.5) is 5.69 Å². The van der Waals surface area contributed by atoms with E-state index in [2.05, 4.69) is 5.32 Å². The highest BCUT2D eigenvalue weighted by atomic mass is 32.2. The Balaban J connectivity index is 2.47. The van der Waals surface area contributed by atoms with Crippen LogP contribution in [0.15, 0.2) is 60.7 Å². The van der Waals surface area contributed by atoms with Crippen LogP contribution in [0, 0.1) is 0 Å². The number of nitrogens with one attached hydrogen (secondary N) is 1. The summed E-state index contributed by atoms with van der Waals surface area (Å²) in [6.45, 7) is 7.21. The number of carbonyl (C=O) groups is 2. The van der Waals surface area contributed by atoms with E-state index in [1.807, 2.05) is 58.0 Å². The first kappa shape index (κ1) is 27.3. The van der Waals surface area contributed by atoms with E-state index in [4.69, 9.17) is 0 Å². The number of para-hydroxylation sites is 1. The van der Waals surface area contributed by atoms with Crippen molar-refractivity contribution in [2.45, 2.75) is 52.2 Å². The van der Waals surface area contributed by atoms with E-state index in [0.717, 1.165) is 14.2 Å². The average Bonchev–Trinajstić information content (AvgIpc) is 2.77. The first-order valence-electron chi connectivity index (χ1n) is 11.3. The van der Waals surface area contributed by atoms with E-state index in [0.29, 0.717) is 12.1 Å². The molecule has 0 radical (unpaired) electrons. The van der Waals surface area contributed by atoms with Gasteiger partial charge >= 0.3 is 10.2 Å². The third-order valence-corrected chi connectivity index (χ3v) is 6.96. The highest BCUT2D eigenvalue weighted by molar-refractivity contribution is 7.90. The van der Waals surface area contributed by atoms with Crippen LogP contribution in [0.2, 0.25) is 0 Å². The minimum atomic E-state index is -3.96. The maximum Gasteiger partial charge on any atom is 0.304 e. The smallest absolute Gasteiger partial charge is 0.304 e. The zero-order chi connectivity index (χ0) is 25.5. The van der Waals surface area contributed by atoms with Gasteiger partial charge in [0.1, 0.15) is 12.6 Å². The maximum atomic E-state index is 13.7. The second-order valence-corrected chi connectivity index (χ2v) is 11.4. The van der Waals surface area contributed by atoms with Crippen molar-refractivity contribution in [3.63, 3.8) is 0 Å². The molecule has 0 heterocycles. The van der Waals surface area contributed by atoms with E-state index in [-0.39, 0.29) is 12.5 Å². The molecule has 0 aliphatic carbocycles. The van der Waals surface area contributed by atoms with Gasteiger partial charge in [-0.2, -0.15) is 12.7 Å². The molecule has 2 rings (SSSR count). The van der Waals surface area contributed by atoms with Crippen molar-refractivity contribution < 1.29 is 18.0 Å². The van der Waals surface area contributed by atoms with Crippen LogP contribution in [0.25, 0.3) is 0 Å². The number of rotatable bonds is 10. The predicted octanol–water partition coefficient (Wildman–Crippen LogP) is 3.02. The fourth-order valence-electron chi connectivity index (χ4n) is 3.46. The summed E-state index contributed by atoms with van der Waals surface area (Å²) in [6.07, 6.45) is 0.381. The van der Waals surface area contributed by atoms with Gasteiger partial charge in [0.2, 0.25) is 11.8 Å². The molecule has 1 atom stereocenters. The molecule has 2 amide bonds. The third-order valence-electron chi connectivity index (χ3n) is 5.14. The molecule has 2 aromatic rings. The van der Waals surface area contributed by atoms with Gasteiger partial charge in [-0.15, -0.1) is 0 Å². The Labute approximate surface area is 203 Å². The Kier molecular flexibility index (Phi) is 9.23. The largest absolute Gasteiger partial charge is 0.350 e. The van der Waals surface area contributed by atoms with Crippen molar-refractivity contribution in [3.8, 4) is 0 Å². The van der Waals surface area contributed by atoms with Crippen LogP contribution in [0.3, 0.4) is 0 Å². The third kappa shape index (κ3) is 7.30. The Morgan fingerprint density at radius 1 is 0.941 bits per heavy atom. The van der Waals surface area contributed by atoms with Crippen molar-refractivity contribution >= 4 is 27.7 Å². The summed E-state index contributed by atoms with van der Waals surface area (Å²) in [5.74, 6) is -0.741. The molecule has 34 heavy (non-hydrogen) atoms. The van der Waals surface area contributed by atoms with Gasteiger partial charge in [0, 0.05) is 26.2 Å². The summed E-state index contributed by atoms with van der Waals surface area (Å²) in [5, 5.41) is 2.95.